The first kappa shape index (κ1) is 16.5. The monoisotopic (exact) mass is 283 g/mol. The predicted octanol–water partition coefficient (Wildman–Crippen LogP) is 3.45. The van der Waals surface area contributed by atoms with Gasteiger partial charge in [-0.2, -0.15) is 0 Å². The van der Waals surface area contributed by atoms with E-state index in [1.54, 1.807) is 0 Å². The lowest BCUT2D eigenvalue weighted by Crippen LogP contribution is -2.20. The third-order valence-corrected chi connectivity index (χ3v) is 4.16. The molecule has 1 saturated carbocycles. The SMILES string of the molecule is CNCC(CO)c1ccc(C2CCCCC2)cc1.Cl. The Kier molecular flexibility index (Phi) is 7.44. The van der Waals surface area contributed by atoms with Crippen LogP contribution in [0.5, 0.6) is 0 Å². The standard InChI is InChI=1S/C16H25NO.ClH/c1-17-11-16(12-18)15-9-7-14(8-10-15)13-5-3-2-4-6-13;/h7-10,13,16-18H,2-6,11-12H2,1H3;1H. The lowest BCUT2D eigenvalue weighted by Gasteiger charge is -2.22. The second-order valence-corrected chi connectivity index (χ2v) is 5.44. The molecule has 1 aromatic rings. The molecular weight excluding hydrogens is 258 g/mol. The summed E-state index contributed by atoms with van der Waals surface area (Å²) in [5.41, 5.74) is 2.73. The molecule has 2 nitrogen and oxygen atoms in total. The van der Waals surface area contributed by atoms with Crippen LogP contribution in [0.3, 0.4) is 0 Å². The van der Waals surface area contributed by atoms with Crippen molar-refractivity contribution in [1.29, 1.82) is 0 Å². The molecular formula is C16H26ClNO. The van der Waals surface area contributed by atoms with Gasteiger partial charge >= 0.3 is 0 Å². The molecule has 1 aromatic carbocycles. The van der Waals surface area contributed by atoms with Crippen LogP contribution in [-0.4, -0.2) is 25.3 Å². The molecule has 0 saturated heterocycles. The minimum absolute atomic E-state index is 0. The first-order chi connectivity index (χ1) is 8.85. The Bertz CT molecular complexity index is 323. The average Bonchev–Trinajstić information content (AvgIpc) is 2.46. The van der Waals surface area contributed by atoms with Crippen LogP contribution >= 0.6 is 12.4 Å². The van der Waals surface area contributed by atoms with E-state index in [9.17, 15) is 5.11 Å². The van der Waals surface area contributed by atoms with Gasteiger partial charge in [0.1, 0.15) is 0 Å². The van der Waals surface area contributed by atoms with Gasteiger partial charge in [0.2, 0.25) is 0 Å². The molecule has 0 bridgehead atoms. The molecule has 0 spiro atoms. The molecule has 0 radical (unpaired) electrons. The Hall–Kier alpha value is -0.570. The number of nitrogens with one attached hydrogen (secondary N) is 1. The van der Waals surface area contributed by atoms with Crippen LogP contribution in [-0.2, 0) is 0 Å². The molecule has 0 aromatic heterocycles. The molecule has 0 aliphatic heterocycles. The molecule has 2 N–H and O–H groups in total. The van der Waals surface area contributed by atoms with Crippen molar-refractivity contribution in [1.82, 2.24) is 5.32 Å². The van der Waals surface area contributed by atoms with Crippen molar-refractivity contribution in [2.45, 2.75) is 43.9 Å². The lowest BCUT2D eigenvalue weighted by molar-refractivity contribution is 0.263. The molecule has 19 heavy (non-hydrogen) atoms. The maximum Gasteiger partial charge on any atom is 0.0511 e. The van der Waals surface area contributed by atoms with E-state index in [2.05, 4.69) is 29.6 Å². The van der Waals surface area contributed by atoms with Crippen LogP contribution in [0.25, 0.3) is 0 Å². The first-order valence-corrected chi connectivity index (χ1v) is 7.20. The Morgan fingerprint density at radius 3 is 2.32 bits per heavy atom. The molecule has 1 atom stereocenters. The second-order valence-electron chi connectivity index (χ2n) is 5.44. The zero-order valence-electron chi connectivity index (χ0n) is 11.8. The summed E-state index contributed by atoms with van der Waals surface area (Å²) in [5.74, 6) is 0.986. The molecule has 0 amide bonds. The molecule has 1 unspecified atom stereocenters. The maximum absolute atomic E-state index is 9.39. The van der Waals surface area contributed by atoms with Crippen LogP contribution in [0, 0.1) is 0 Å². The van der Waals surface area contributed by atoms with E-state index in [1.807, 2.05) is 7.05 Å². The fraction of sp³-hybridized carbons (Fsp3) is 0.625. The molecule has 1 aliphatic rings. The number of aliphatic hydroxyl groups is 1. The highest BCUT2D eigenvalue weighted by Crippen LogP contribution is 2.33. The van der Waals surface area contributed by atoms with Crippen molar-refractivity contribution in [3.63, 3.8) is 0 Å². The van der Waals surface area contributed by atoms with Gasteiger partial charge in [0.15, 0.2) is 0 Å². The summed E-state index contributed by atoms with van der Waals surface area (Å²) in [5, 5.41) is 12.5. The Labute approximate surface area is 123 Å². The number of benzene rings is 1. The molecule has 108 valence electrons. The van der Waals surface area contributed by atoms with Gasteiger partial charge in [-0.3, -0.25) is 0 Å². The quantitative estimate of drug-likeness (QED) is 0.867. The van der Waals surface area contributed by atoms with Crippen molar-refractivity contribution >= 4 is 12.4 Å². The van der Waals surface area contributed by atoms with Gasteiger partial charge < -0.3 is 10.4 Å². The molecule has 1 aliphatic carbocycles. The van der Waals surface area contributed by atoms with Gasteiger partial charge in [-0.1, -0.05) is 43.5 Å². The van der Waals surface area contributed by atoms with Crippen molar-refractivity contribution in [2.75, 3.05) is 20.2 Å². The van der Waals surface area contributed by atoms with Gasteiger partial charge in [0.25, 0.3) is 0 Å². The highest BCUT2D eigenvalue weighted by atomic mass is 35.5. The van der Waals surface area contributed by atoms with Crippen LogP contribution in [0.1, 0.15) is 55.1 Å². The molecule has 0 heterocycles. The summed E-state index contributed by atoms with van der Waals surface area (Å²) in [6, 6.07) is 8.93. The number of hydrogen-bond acceptors (Lipinski definition) is 2. The summed E-state index contributed by atoms with van der Waals surface area (Å²) in [6.07, 6.45) is 6.86. The van der Waals surface area contributed by atoms with Gasteiger partial charge in [-0.25, -0.2) is 0 Å². The smallest absolute Gasteiger partial charge is 0.0511 e. The highest BCUT2D eigenvalue weighted by molar-refractivity contribution is 5.85. The second kappa shape index (κ2) is 8.57. The number of rotatable bonds is 5. The molecule has 3 heteroatoms. The summed E-state index contributed by atoms with van der Waals surface area (Å²) >= 11 is 0. The van der Waals surface area contributed by atoms with E-state index in [0.717, 1.165) is 12.5 Å². The average molecular weight is 284 g/mol. The largest absolute Gasteiger partial charge is 0.396 e. The van der Waals surface area contributed by atoms with E-state index < -0.39 is 0 Å². The number of hydrogen-bond donors (Lipinski definition) is 2. The third-order valence-electron chi connectivity index (χ3n) is 4.16. The van der Waals surface area contributed by atoms with Crippen LogP contribution in [0.2, 0.25) is 0 Å². The number of aliphatic hydroxyl groups excluding tert-OH is 1. The number of halogens is 1. The Balaban J connectivity index is 0.00000180. The van der Waals surface area contributed by atoms with Crippen LogP contribution in [0.15, 0.2) is 24.3 Å². The van der Waals surface area contributed by atoms with Crippen LogP contribution < -0.4 is 5.32 Å². The summed E-state index contributed by atoms with van der Waals surface area (Å²) in [7, 11) is 1.93. The first-order valence-electron chi connectivity index (χ1n) is 7.20. The van der Waals surface area contributed by atoms with Crippen molar-refractivity contribution < 1.29 is 5.11 Å². The van der Waals surface area contributed by atoms with E-state index in [4.69, 9.17) is 0 Å². The minimum atomic E-state index is 0. The molecule has 1 fully saturated rings. The topological polar surface area (TPSA) is 32.3 Å². The Morgan fingerprint density at radius 1 is 1.16 bits per heavy atom. The molecule has 2 rings (SSSR count). The number of likely N-dealkylation sites (N-methyl/N-ethyl adjacent to an activating group) is 1. The van der Waals surface area contributed by atoms with Crippen molar-refractivity contribution in [2.24, 2.45) is 0 Å². The summed E-state index contributed by atoms with van der Waals surface area (Å²) in [6.45, 7) is 1.04. The van der Waals surface area contributed by atoms with E-state index in [0.29, 0.717) is 0 Å². The van der Waals surface area contributed by atoms with Gasteiger partial charge in [0, 0.05) is 12.5 Å². The maximum atomic E-state index is 9.39. The van der Waals surface area contributed by atoms with E-state index in [1.165, 1.54) is 43.2 Å². The van der Waals surface area contributed by atoms with Gasteiger partial charge in [-0.15, -0.1) is 12.4 Å². The van der Waals surface area contributed by atoms with Gasteiger partial charge in [0.05, 0.1) is 6.61 Å². The lowest BCUT2D eigenvalue weighted by atomic mass is 9.83. The minimum Gasteiger partial charge on any atom is -0.396 e. The Morgan fingerprint density at radius 2 is 1.79 bits per heavy atom. The van der Waals surface area contributed by atoms with E-state index in [-0.39, 0.29) is 24.9 Å². The van der Waals surface area contributed by atoms with Crippen molar-refractivity contribution in [3.05, 3.63) is 35.4 Å². The zero-order chi connectivity index (χ0) is 12.8. The summed E-state index contributed by atoms with van der Waals surface area (Å²) < 4.78 is 0. The van der Waals surface area contributed by atoms with Crippen molar-refractivity contribution in [3.8, 4) is 0 Å². The predicted molar refractivity (Wildman–Crippen MR) is 83.3 cm³/mol. The van der Waals surface area contributed by atoms with Gasteiger partial charge in [-0.05, 0) is 36.9 Å². The normalized spacial score (nSPS) is 17.8. The third kappa shape index (κ3) is 4.48. The van der Waals surface area contributed by atoms with Crippen LogP contribution in [0.4, 0.5) is 0 Å². The van der Waals surface area contributed by atoms with E-state index >= 15 is 0 Å². The fourth-order valence-corrected chi connectivity index (χ4v) is 3.01. The zero-order valence-corrected chi connectivity index (χ0v) is 12.6. The fourth-order valence-electron chi connectivity index (χ4n) is 3.01. The highest BCUT2D eigenvalue weighted by Gasteiger charge is 2.16. The summed E-state index contributed by atoms with van der Waals surface area (Å²) in [4.78, 5) is 0.